The highest BCUT2D eigenvalue weighted by molar-refractivity contribution is 6.31. The standard InChI is InChI=1S/C27H28ClN3O/c1-20(2)17-31(27(32)29-26-15-7-11-21-9-3-5-13-24(21)26)19-23-12-8-16-30(23)18-22-10-4-6-14-25(22)28/h3-16,20H,17-19H2,1-2H3,(H,29,32). The lowest BCUT2D eigenvalue weighted by atomic mass is 10.1. The summed E-state index contributed by atoms with van der Waals surface area (Å²) >= 11 is 6.37. The van der Waals surface area contributed by atoms with Gasteiger partial charge in [0, 0.05) is 35.4 Å². The van der Waals surface area contributed by atoms with Crippen molar-refractivity contribution in [3.05, 3.63) is 101 Å². The van der Waals surface area contributed by atoms with Crippen LogP contribution in [0.4, 0.5) is 10.5 Å². The van der Waals surface area contributed by atoms with Crippen molar-refractivity contribution in [2.75, 3.05) is 11.9 Å². The molecule has 0 fully saturated rings. The SMILES string of the molecule is CC(C)CN(Cc1cccn1Cc1ccccc1Cl)C(=O)Nc1cccc2ccccc12. The first-order valence-corrected chi connectivity index (χ1v) is 11.3. The van der Waals surface area contributed by atoms with Crippen molar-refractivity contribution >= 4 is 34.1 Å². The molecule has 0 radical (unpaired) electrons. The molecule has 1 aromatic heterocycles. The molecule has 3 aromatic carbocycles. The van der Waals surface area contributed by atoms with E-state index in [0.29, 0.717) is 25.6 Å². The van der Waals surface area contributed by atoms with Gasteiger partial charge in [0.05, 0.1) is 12.2 Å². The van der Waals surface area contributed by atoms with E-state index in [1.165, 1.54) is 0 Å². The zero-order valence-corrected chi connectivity index (χ0v) is 19.2. The molecule has 1 N–H and O–H groups in total. The number of nitrogens with zero attached hydrogens (tertiary/aromatic N) is 2. The maximum atomic E-state index is 13.3. The molecule has 2 amide bonds. The molecule has 0 unspecified atom stereocenters. The van der Waals surface area contributed by atoms with Crippen LogP contribution in [0.1, 0.15) is 25.1 Å². The molecule has 4 aromatic rings. The fraction of sp³-hybridized carbons (Fsp3) is 0.222. The van der Waals surface area contributed by atoms with Crippen molar-refractivity contribution < 1.29 is 4.79 Å². The molecule has 5 heteroatoms. The van der Waals surface area contributed by atoms with Gasteiger partial charge in [-0.2, -0.15) is 0 Å². The molecular formula is C27H28ClN3O. The molecule has 0 spiro atoms. The number of urea groups is 1. The van der Waals surface area contributed by atoms with Crippen LogP contribution in [0, 0.1) is 5.92 Å². The second-order valence-electron chi connectivity index (χ2n) is 8.45. The number of hydrogen-bond acceptors (Lipinski definition) is 1. The molecule has 0 saturated heterocycles. The predicted molar refractivity (Wildman–Crippen MR) is 133 cm³/mol. The van der Waals surface area contributed by atoms with Gasteiger partial charge in [0.1, 0.15) is 0 Å². The number of anilines is 1. The third-order valence-electron chi connectivity index (χ3n) is 5.48. The summed E-state index contributed by atoms with van der Waals surface area (Å²) in [5.74, 6) is 0.347. The van der Waals surface area contributed by atoms with E-state index in [-0.39, 0.29) is 6.03 Å². The van der Waals surface area contributed by atoms with Gasteiger partial charge in [-0.3, -0.25) is 0 Å². The lowest BCUT2D eigenvalue weighted by molar-refractivity contribution is 0.200. The van der Waals surface area contributed by atoms with Gasteiger partial charge < -0.3 is 14.8 Å². The third-order valence-corrected chi connectivity index (χ3v) is 5.85. The molecule has 32 heavy (non-hydrogen) atoms. The first-order valence-electron chi connectivity index (χ1n) is 10.9. The largest absolute Gasteiger partial charge is 0.345 e. The van der Waals surface area contributed by atoms with Crippen molar-refractivity contribution in [2.24, 2.45) is 5.92 Å². The number of carbonyl (C=O) groups is 1. The summed E-state index contributed by atoms with van der Waals surface area (Å²) in [4.78, 5) is 15.2. The summed E-state index contributed by atoms with van der Waals surface area (Å²) in [6.45, 7) is 6.10. The molecular weight excluding hydrogens is 418 g/mol. The minimum atomic E-state index is -0.0967. The molecule has 4 rings (SSSR count). The van der Waals surface area contributed by atoms with Gasteiger partial charge in [-0.1, -0.05) is 80.0 Å². The number of hydrogen-bond donors (Lipinski definition) is 1. The Labute approximate surface area is 194 Å². The number of amides is 2. The number of halogens is 1. The monoisotopic (exact) mass is 445 g/mol. The van der Waals surface area contributed by atoms with Crippen LogP contribution in [0.25, 0.3) is 10.8 Å². The summed E-state index contributed by atoms with van der Waals surface area (Å²) in [6, 6.07) is 25.9. The second kappa shape index (κ2) is 9.92. The average molecular weight is 446 g/mol. The van der Waals surface area contributed by atoms with Crippen LogP contribution in [0.2, 0.25) is 5.02 Å². The summed E-state index contributed by atoms with van der Waals surface area (Å²) in [6.07, 6.45) is 2.04. The topological polar surface area (TPSA) is 37.3 Å². The summed E-state index contributed by atoms with van der Waals surface area (Å²) in [5.41, 5.74) is 2.95. The Bertz CT molecular complexity index is 1210. The Balaban J connectivity index is 1.55. The maximum Gasteiger partial charge on any atom is 0.322 e. The molecule has 0 aliphatic heterocycles. The van der Waals surface area contributed by atoms with Crippen molar-refractivity contribution in [3.63, 3.8) is 0 Å². The van der Waals surface area contributed by atoms with Crippen LogP contribution < -0.4 is 5.32 Å². The van der Waals surface area contributed by atoms with Gasteiger partial charge in [0.2, 0.25) is 0 Å². The maximum absolute atomic E-state index is 13.3. The van der Waals surface area contributed by atoms with E-state index in [1.54, 1.807) is 0 Å². The molecule has 0 aliphatic carbocycles. The summed E-state index contributed by atoms with van der Waals surface area (Å²) in [5, 5.41) is 6.03. The Morgan fingerprint density at radius 2 is 1.72 bits per heavy atom. The number of carbonyl (C=O) groups excluding carboxylic acids is 1. The molecule has 0 atom stereocenters. The number of fused-ring (bicyclic) bond motifs is 1. The van der Waals surface area contributed by atoms with Gasteiger partial charge in [-0.25, -0.2) is 4.79 Å². The van der Waals surface area contributed by atoms with Gasteiger partial charge in [-0.15, -0.1) is 0 Å². The Morgan fingerprint density at radius 3 is 2.53 bits per heavy atom. The predicted octanol–water partition coefficient (Wildman–Crippen LogP) is 7.03. The fourth-order valence-electron chi connectivity index (χ4n) is 3.94. The number of benzene rings is 3. The minimum Gasteiger partial charge on any atom is -0.345 e. The molecule has 4 nitrogen and oxygen atoms in total. The highest BCUT2D eigenvalue weighted by Crippen LogP contribution is 2.24. The number of aromatic nitrogens is 1. The highest BCUT2D eigenvalue weighted by Gasteiger charge is 2.18. The van der Waals surface area contributed by atoms with Gasteiger partial charge in [0.15, 0.2) is 0 Å². The summed E-state index contributed by atoms with van der Waals surface area (Å²) in [7, 11) is 0. The second-order valence-corrected chi connectivity index (χ2v) is 8.86. The molecule has 0 bridgehead atoms. The van der Waals surface area contributed by atoms with E-state index >= 15 is 0 Å². The number of nitrogens with one attached hydrogen (secondary N) is 1. The fourth-order valence-corrected chi connectivity index (χ4v) is 4.14. The lowest BCUT2D eigenvalue weighted by Gasteiger charge is -2.26. The van der Waals surface area contributed by atoms with Crippen LogP contribution in [-0.4, -0.2) is 22.0 Å². The highest BCUT2D eigenvalue weighted by atomic mass is 35.5. The van der Waals surface area contributed by atoms with Gasteiger partial charge in [-0.05, 0) is 41.1 Å². The van der Waals surface area contributed by atoms with E-state index < -0.39 is 0 Å². The van der Waals surface area contributed by atoms with Gasteiger partial charge >= 0.3 is 6.03 Å². The normalized spacial score (nSPS) is 11.1. The molecule has 1 heterocycles. The van der Waals surface area contributed by atoms with E-state index in [2.05, 4.69) is 41.9 Å². The quantitative estimate of drug-likeness (QED) is 0.325. The van der Waals surface area contributed by atoms with E-state index in [9.17, 15) is 4.79 Å². The van der Waals surface area contributed by atoms with E-state index in [4.69, 9.17) is 11.6 Å². The molecule has 0 saturated carbocycles. The van der Waals surface area contributed by atoms with E-state index in [0.717, 1.165) is 32.7 Å². The first-order chi connectivity index (χ1) is 15.5. The molecule has 164 valence electrons. The van der Waals surface area contributed by atoms with Crippen LogP contribution in [-0.2, 0) is 13.1 Å². The smallest absolute Gasteiger partial charge is 0.322 e. The molecule has 0 aliphatic rings. The van der Waals surface area contributed by atoms with Crippen LogP contribution in [0.3, 0.4) is 0 Å². The van der Waals surface area contributed by atoms with Crippen LogP contribution in [0.5, 0.6) is 0 Å². The lowest BCUT2D eigenvalue weighted by Crippen LogP contribution is -2.37. The third kappa shape index (κ3) is 5.14. The zero-order chi connectivity index (χ0) is 22.5. The minimum absolute atomic E-state index is 0.0967. The van der Waals surface area contributed by atoms with Crippen LogP contribution in [0.15, 0.2) is 85.1 Å². The van der Waals surface area contributed by atoms with E-state index in [1.807, 2.05) is 71.8 Å². The summed E-state index contributed by atoms with van der Waals surface area (Å²) < 4.78 is 2.15. The zero-order valence-electron chi connectivity index (χ0n) is 18.5. The van der Waals surface area contributed by atoms with Gasteiger partial charge in [0.25, 0.3) is 0 Å². The Morgan fingerprint density at radius 1 is 0.969 bits per heavy atom. The van der Waals surface area contributed by atoms with Crippen molar-refractivity contribution in [1.29, 1.82) is 0 Å². The van der Waals surface area contributed by atoms with Crippen molar-refractivity contribution in [2.45, 2.75) is 26.9 Å². The van der Waals surface area contributed by atoms with Crippen molar-refractivity contribution in [1.82, 2.24) is 9.47 Å². The Hall–Kier alpha value is -3.24. The Kier molecular flexibility index (Phi) is 6.81. The first kappa shape index (κ1) is 22.0. The number of rotatable bonds is 7. The van der Waals surface area contributed by atoms with Crippen molar-refractivity contribution in [3.8, 4) is 0 Å². The van der Waals surface area contributed by atoms with Crippen LogP contribution >= 0.6 is 11.6 Å². The average Bonchev–Trinajstić information content (AvgIpc) is 3.21.